The van der Waals surface area contributed by atoms with Gasteiger partial charge in [0.25, 0.3) is 0 Å². The zero-order chi connectivity index (χ0) is 14.7. The van der Waals surface area contributed by atoms with Crippen LogP contribution in [-0.2, 0) is 0 Å². The fraction of sp³-hybridized carbons (Fsp3) is 0.200. The molecule has 0 aliphatic heterocycles. The van der Waals surface area contributed by atoms with Crippen LogP contribution in [0, 0.1) is 0 Å². The Labute approximate surface area is 138 Å². The summed E-state index contributed by atoms with van der Waals surface area (Å²) < 4.78 is 0. The van der Waals surface area contributed by atoms with Gasteiger partial charge in [-0.3, -0.25) is 0 Å². The molecule has 1 nitrogen and oxygen atoms in total. The molecular formula is C15H13Cl4N. The normalized spacial score (nSPS) is 12.2. The molecule has 0 saturated carbocycles. The average Bonchev–Trinajstić information content (AvgIpc) is 2.40. The molecule has 106 valence electrons. The van der Waals surface area contributed by atoms with E-state index in [2.05, 4.69) is 12.2 Å². The topological polar surface area (TPSA) is 12.0 Å². The highest BCUT2D eigenvalue weighted by atomic mass is 35.5. The first-order chi connectivity index (χ1) is 9.51. The van der Waals surface area contributed by atoms with Gasteiger partial charge in [-0.05, 0) is 42.3 Å². The minimum Gasteiger partial charge on any atom is -0.377 e. The number of hydrogen-bond donors (Lipinski definition) is 1. The lowest BCUT2D eigenvalue weighted by molar-refractivity contribution is 0.750. The monoisotopic (exact) mass is 347 g/mol. The van der Waals surface area contributed by atoms with Crippen LogP contribution >= 0.6 is 46.4 Å². The second kappa shape index (κ2) is 6.91. The van der Waals surface area contributed by atoms with Gasteiger partial charge < -0.3 is 5.32 Å². The van der Waals surface area contributed by atoms with Crippen LogP contribution in [0.4, 0.5) is 5.69 Å². The van der Waals surface area contributed by atoms with E-state index in [1.54, 1.807) is 24.3 Å². The van der Waals surface area contributed by atoms with Crippen LogP contribution in [0.1, 0.15) is 24.9 Å². The zero-order valence-corrected chi connectivity index (χ0v) is 13.8. The molecule has 0 spiro atoms. The first-order valence-corrected chi connectivity index (χ1v) is 7.69. The minimum absolute atomic E-state index is 0.0377. The highest BCUT2D eigenvalue weighted by Crippen LogP contribution is 2.33. The summed E-state index contributed by atoms with van der Waals surface area (Å²) in [7, 11) is 0. The Kier molecular flexibility index (Phi) is 5.45. The summed E-state index contributed by atoms with van der Waals surface area (Å²) in [6, 6.07) is 10.8. The van der Waals surface area contributed by atoms with Gasteiger partial charge in [0.05, 0.1) is 16.8 Å². The fourth-order valence-corrected chi connectivity index (χ4v) is 2.86. The Morgan fingerprint density at radius 2 is 1.55 bits per heavy atom. The molecule has 20 heavy (non-hydrogen) atoms. The molecule has 0 heterocycles. The predicted octanol–water partition coefficient (Wildman–Crippen LogP) is 6.86. The van der Waals surface area contributed by atoms with E-state index < -0.39 is 0 Å². The van der Waals surface area contributed by atoms with Crippen molar-refractivity contribution >= 4 is 52.1 Å². The lowest BCUT2D eigenvalue weighted by Crippen LogP contribution is -2.10. The van der Waals surface area contributed by atoms with Crippen molar-refractivity contribution in [2.45, 2.75) is 19.4 Å². The highest BCUT2D eigenvalue weighted by molar-refractivity contribution is 6.36. The van der Waals surface area contributed by atoms with E-state index in [4.69, 9.17) is 46.4 Å². The maximum Gasteiger partial charge on any atom is 0.0638 e. The zero-order valence-electron chi connectivity index (χ0n) is 10.8. The molecule has 5 heteroatoms. The Bertz CT molecular complexity index is 613. The first kappa shape index (κ1) is 15.8. The second-order valence-electron chi connectivity index (χ2n) is 4.40. The molecule has 2 aromatic carbocycles. The quantitative estimate of drug-likeness (QED) is 0.636. The number of anilines is 1. The summed E-state index contributed by atoms with van der Waals surface area (Å²) in [5.41, 5.74) is 1.77. The molecule has 0 bridgehead atoms. The standard InChI is InChI=1S/C15H13Cl4N/c1-2-14(11-5-3-9(16)7-13(11)19)20-15-8-10(17)4-6-12(15)18/h3-8,14,20H,2H2,1H3. The molecule has 1 unspecified atom stereocenters. The van der Waals surface area contributed by atoms with Crippen LogP contribution in [0.25, 0.3) is 0 Å². The molecule has 0 fully saturated rings. The van der Waals surface area contributed by atoms with E-state index in [9.17, 15) is 0 Å². The number of nitrogens with one attached hydrogen (secondary N) is 1. The van der Waals surface area contributed by atoms with Crippen molar-refractivity contribution in [1.29, 1.82) is 0 Å². The van der Waals surface area contributed by atoms with E-state index in [1.807, 2.05) is 12.1 Å². The van der Waals surface area contributed by atoms with E-state index in [0.717, 1.165) is 17.7 Å². The van der Waals surface area contributed by atoms with Gasteiger partial charge in [0.15, 0.2) is 0 Å². The van der Waals surface area contributed by atoms with Crippen molar-refractivity contribution < 1.29 is 0 Å². The Morgan fingerprint density at radius 3 is 2.20 bits per heavy atom. The maximum atomic E-state index is 6.26. The fourth-order valence-electron chi connectivity index (χ4n) is 1.98. The first-order valence-electron chi connectivity index (χ1n) is 6.17. The largest absolute Gasteiger partial charge is 0.377 e. The van der Waals surface area contributed by atoms with Gasteiger partial charge in [-0.25, -0.2) is 0 Å². The molecule has 0 aromatic heterocycles. The third-order valence-corrected chi connectivity index (χ3v) is 4.13. The molecule has 0 radical (unpaired) electrons. The van der Waals surface area contributed by atoms with Gasteiger partial charge in [0.2, 0.25) is 0 Å². The van der Waals surface area contributed by atoms with Gasteiger partial charge in [0.1, 0.15) is 0 Å². The summed E-state index contributed by atoms with van der Waals surface area (Å²) in [6.45, 7) is 2.07. The van der Waals surface area contributed by atoms with Crippen molar-refractivity contribution in [2.24, 2.45) is 0 Å². The van der Waals surface area contributed by atoms with Crippen molar-refractivity contribution in [3.8, 4) is 0 Å². The van der Waals surface area contributed by atoms with Gasteiger partial charge >= 0.3 is 0 Å². The second-order valence-corrected chi connectivity index (χ2v) is 6.08. The molecule has 0 aliphatic rings. The Balaban J connectivity index is 2.31. The van der Waals surface area contributed by atoms with Gasteiger partial charge in [0, 0.05) is 15.1 Å². The van der Waals surface area contributed by atoms with E-state index >= 15 is 0 Å². The van der Waals surface area contributed by atoms with Crippen LogP contribution in [0.15, 0.2) is 36.4 Å². The summed E-state index contributed by atoms with van der Waals surface area (Å²) in [6.07, 6.45) is 0.851. The summed E-state index contributed by atoms with van der Waals surface area (Å²) >= 11 is 24.4. The Morgan fingerprint density at radius 1 is 0.900 bits per heavy atom. The molecular weight excluding hydrogens is 336 g/mol. The molecule has 0 aliphatic carbocycles. The number of hydrogen-bond acceptors (Lipinski definition) is 1. The van der Waals surface area contributed by atoms with Crippen LogP contribution < -0.4 is 5.32 Å². The summed E-state index contributed by atoms with van der Waals surface area (Å²) in [4.78, 5) is 0. The summed E-state index contributed by atoms with van der Waals surface area (Å²) in [5, 5.41) is 5.88. The maximum absolute atomic E-state index is 6.26. The highest BCUT2D eigenvalue weighted by Gasteiger charge is 2.14. The molecule has 1 N–H and O–H groups in total. The van der Waals surface area contributed by atoms with Crippen molar-refractivity contribution in [2.75, 3.05) is 5.32 Å². The molecule has 0 amide bonds. The SMILES string of the molecule is CCC(Nc1cc(Cl)ccc1Cl)c1ccc(Cl)cc1Cl. The number of rotatable bonds is 4. The van der Waals surface area contributed by atoms with E-state index in [-0.39, 0.29) is 6.04 Å². The number of halogens is 4. The molecule has 2 rings (SSSR count). The van der Waals surface area contributed by atoms with E-state index in [0.29, 0.717) is 20.1 Å². The minimum atomic E-state index is 0.0377. The van der Waals surface area contributed by atoms with Crippen LogP contribution in [0.3, 0.4) is 0 Å². The van der Waals surface area contributed by atoms with Crippen LogP contribution in [0.2, 0.25) is 20.1 Å². The van der Waals surface area contributed by atoms with Crippen LogP contribution in [0.5, 0.6) is 0 Å². The lowest BCUT2D eigenvalue weighted by Gasteiger charge is -2.21. The number of benzene rings is 2. The van der Waals surface area contributed by atoms with Gasteiger partial charge in [-0.2, -0.15) is 0 Å². The summed E-state index contributed by atoms with van der Waals surface area (Å²) in [5.74, 6) is 0. The van der Waals surface area contributed by atoms with Gasteiger partial charge in [-0.15, -0.1) is 0 Å². The predicted molar refractivity (Wildman–Crippen MR) is 89.6 cm³/mol. The van der Waals surface area contributed by atoms with Crippen molar-refractivity contribution in [1.82, 2.24) is 0 Å². The average molecular weight is 349 g/mol. The van der Waals surface area contributed by atoms with Crippen molar-refractivity contribution in [3.05, 3.63) is 62.1 Å². The smallest absolute Gasteiger partial charge is 0.0638 e. The molecule has 1 atom stereocenters. The third kappa shape index (κ3) is 3.73. The van der Waals surface area contributed by atoms with E-state index in [1.165, 1.54) is 0 Å². The van der Waals surface area contributed by atoms with Crippen molar-refractivity contribution in [3.63, 3.8) is 0 Å². The Hall–Kier alpha value is -0.600. The molecule has 0 saturated heterocycles. The van der Waals surface area contributed by atoms with Gasteiger partial charge in [-0.1, -0.05) is 59.4 Å². The molecule has 2 aromatic rings. The lowest BCUT2D eigenvalue weighted by atomic mass is 10.0. The van der Waals surface area contributed by atoms with Crippen LogP contribution in [-0.4, -0.2) is 0 Å². The third-order valence-electron chi connectivity index (χ3n) is 3.00.